The lowest BCUT2D eigenvalue weighted by molar-refractivity contribution is 0.255. The van der Waals surface area contributed by atoms with Crippen LogP contribution in [0.15, 0.2) is 48.7 Å². The van der Waals surface area contributed by atoms with E-state index in [2.05, 4.69) is 21.3 Å². The first kappa shape index (κ1) is 19.8. The minimum atomic E-state index is -0.187. The summed E-state index contributed by atoms with van der Waals surface area (Å²) in [7, 11) is 0. The highest BCUT2D eigenvalue weighted by Gasteiger charge is 2.40. The Morgan fingerprint density at radius 2 is 1.97 bits per heavy atom. The summed E-state index contributed by atoms with van der Waals surface area (Å²) >= 11 is 0. The number of anilines is 3. The van der Waals surface area contributed by atoms with E-state index in [4.69, 9.17) is 14.5 Å². The molecular formula is C25H25N5O3. The fourth-order valence-corrected chi connectivity index (χ4v) is 4.76. The van der Waals surface area contributed by atoms with E-state index in [1.165, 1.54) is 0 Å². The van der Waals surface area contributed by atoms with Crippen LogP contribution in [0.3, 0.4) is 0 Å². The van der Waals surface area contributed by atoms with Crippen molar-refractivity contribution in [1.82, 2.24) is 9.97 Å². The minimum absolute atomic E-state index is 0.0832. The van der Waals surface area contributed by atoms with Crippen molar-refractivity contribution < 1.29 is 14.3 Å². The Balaban J connectivity index is 1.33. The summed E-state index contributed by atoms with van der Waals surface area (Å²) in [6, 6.07) is 13.5. The number of benzene rings is 1. The van der Waals surface area contributed by atoms with Crippen molar-refractivity contribution in [1.29, 1.82) is 0 Å². The summed E-state index contributed by atoms with van der Waals surface area (Å²) in [4.78, 5) is 26.9. The van der Waals surface area contributed by atoms with Crippen molar-refractivity contribution in [3.63, 3.8) is 0 Å². The summed E-state index contributed by atoms with van der Waals surface area (Å²) in [5.74, 6) is 2.06. The molecule has 2 aromatic heterocycles. The van der Waals surface area contributed by atoms with Crippen LogP contribution >= 0.6 is 0 Å². The molecule has 1 unspecified atom stereocenters. The number of fused-ring (bicyclic) bond motifs is 5. The second kappa shape index (κ2) is 7.95. The number of nitrogens with zero attached hydrogens (tertiary/aromatic N) is 4. The van der Waals surface area contributed by atoms with Gasteiger partial charge in [-0.15, -0.1) is 0 Å². The van der Waals surface area contributed by atoms with Crippen molar-refractivity contribution in [2.75, 3.05) is 41.4 Å². The number of carbonyl (C=O) groups excluding carboxylic acids is 1. The van der Waals surface area contributed by atoms with E-state index in [0.717, 1.165) is 48.6 Å². The summed E-state index contributed by atoms with van der Waals surface area (Å²) < 4.78 is 11.5. The van der Waals surface area contributed by atoms with Crippen LogP contribution in [0.25, 0.3) is 11.3 Å². The van der Waals surface area contributed by atoms with Crippen LogP contribution < -0.4 is 24.6 Å². The molecule has 1 N–H and O–H groups in total. The predicted molar refractivity (Wildman–Crippen MR) is 126 cm³/mol. The van der Waals surface area contributed by atoms with Crippen molar-refractivity contribution in [3.8, 4) is 22.8 Å². The number of hydrogen-bond acceptors (Lipinski definition) is 6. The van der Waals surface area contributed by atoms with Gasteiger partial charge in [-0.1, -0.05) is 0 Å². The Kier molecular flexibility index (Phi) is 4.78. The maximum absolute atomic E-state index is 13.5. The number of ether oxygens (including phenoxy) is 2. The normalized spacial score (nSPS) is 18.5. The van der Waals surface area contributed by atoms with E-state index in [1.807, 2.05) is 48.2 Å². The molecular weight excluding hydrogens is 418 g/mol. The average molecular weight is 444 g/mol. The van der Waals surface area contributed by atoms with Gasteiger partial charge >= 0.3 is 6.03 Å². The quantitative estimate of drug-likeness (QED) is 0.638. The lowest BCUT2D eigenvalue weighted by atomic mass is 10.1. The molecule has 0 spiro atoms. The standard InChI is InChI=1S/C25H25N5O3/c1-16-13-17(7-9-26-16)20-4-5-21-24(28-20)30(19-8-10-29(21)15-19)25(31)27-18-3-6-22-23(14-18)33-12-2-11-32-22/h3-7,9,13-14,19H,2,8,10-12,15H2,1H3,(H,27,31). The third-order valence-electron chi connectivity index (χ3n) is 6.36. The third kappa shape index (κ3) is 3.61. The van der Waals surface area contributed by atoms with Gasteiger partial charge in [0.05, 0.1) is 30.6 Å². The molecule has 3 aliphatic heterocycles. The van der Waals surface area contributed by atoms with Crippen molar-refractivity contribution in [2.45, 2.75) is 25.8 Å². The Morgan fingerprint density at radius 3 is 2.85 bits per heavy atom. The minimum Gasteiger partial charge on any atom is -0.490 e. The second-order valence-electron chi connectivity index (χ2n) is 8.63. The molecule has 1 fully saturated rings. The summed E-state index contributed by atoms with van der Waals surface area (Å²) in [6.07, 6.45) is 3.53. The first-order valence-corrected chi connectivity index (χ1v) is 11.3. The molecule has 8 heteroatoms. The van der Waals surface area contributed by atoms with Gasteiger partial charge in [0.2, 0.25) is 0 Å². The fraction of sp³-hybridized carbons (Fsp3) is 0.320. The topological polar surface area (TPSA) is 79.8 Å². The van der Waals surface area contributed by atoms with Crippen LogP contribution in [0.2, 0.25) is 0 Å². The number of hydrogen-bond donors (Lipinski definition) is 1. The highest BCUT2D eigenvalue weighted by atomic mass is 16.5. The largest absolute Gasteiger partial charge is 0.490 e. The molecule has 1 atom stereocenters. The molecule has 1 saturated heterocycles. The van der Waals surface area contributed by atoms with Crippen molar-refractivity contribution >= 4 is 23.2 Å². The number of nitrogens with one attached hydrogen (secondary N) is 1. The highest BCUT2D eigenvalue weighted by Crippen LogP contribution is 2.40. The van der Waals surface area contributed by atoms with E-state index in [0.29, 0.717) is 36.2 Å². The summed E-state index contributed by atoms with van der Waals surface area (Å²) in [6.45, 7) is 4.93. The van der Waals surface area contributed by atoms with Crippen LogP contribution in [0, 0.1) is 6.92 Å². The molecule has 2 bridgehead atoms. The van der Waals surface area contributed by atoms with E-state index >= 15 is 0 Å². The molecule has 5 heterocycles. The maximum Gasteiger partial charge on any atom is 0.327 e. The zero-order valence-corrected chi connectivity index (χ0v) is 18.5. The molecule has 33 heavy (non-hydrogen) atoms. The number of pyridine rings is 2. The first-order valence-electron chi connectivity index (χ1n) is 11.3. The fourth-order valence-electron chi connectivity index (χ4n) is 4.76. The van der Waals surface area contributed by atoms with Crippen LogP contribution in [-0.2, 0) is 0 Å². The van der Waals surface area contributed by atoms with Gasteiger partial charge in [0.15, 0.2) is 17.3 Å². The monoisotopic (exact) mass is 443 g/mol. The number of aryl methyl sites for hydroxylation is 1. The van der Waals surface area contributed by atoms with Crippen molar-refractivity contribution in [3.05, 3.63) is 54.4 Å². The van der Waals surface area contributed by atoms with Gasteiger partial charge < -0.3 is 19.7 Å². The number of amides is 2. The van der Waals surface area contributed by atoms with Gasteiger partial charge in [-0.2, -0.15) is 0 Å². The van der Waals surface area contributed by atoms with Gasteiger partial charge in [-0.25, -0.2) is 9.78 Å². The van der Waals surface area contributed by atoms with Gasteiger partial charge in [-0.05, 0) is 49.7 Å². The highest BCUT2D eigenvalue weighted by molar-refractivity contribution is 6.05. The van der Waals surface area contributed by atoms with Gasteiger partial charge in [0.25, 0.3) is 0 Å². The van der Waals surface area contributed by atoms with Gasteiger partial charge in [-0.3, -0.25) is 9.88 Å². The number of rotatable bonds is 2. The van der Waals surface area contributed by atoms with Crippen LogP contribution in [0.4, 0.5) is 22.0 Å². The number of carbonyl (C=O) groups is 1. The van der Waals surface area contributed by atoms with E-state index < -0.39 is 0 Å². The second-order valence-corrected chi connectivity index (χ2v) is 8.63. The predicted octanol–water partition coefficient (Wildman–Crippen LogP) is 4.24. The Hall–Kier alpha value is -3.81. The number of aromatic nitrogens is 2. The van der Waals surface area contributed by atoms with Gasteiger partial charge in [0.1, 0.15) is 0 Å². The molecule has 168 valence electrons. The van der Waals surface area contributed by atoms with Crippen LogP contribution in [-0.4, -0.2) is 48.3 Å². The molecule has 3 aliphatic rings. The molecule has 6 rings (SSSR count). The SMILES string of the molecule is Cc1cc(-c2ccc3c(n2)N(C(=O)Nc2ccc4c(c2)OCCCO4)C2CCN3C2)ccn1. The van der Waals surface area contributed by atoms with E-state index in [1.54, 1.807) is 6.20 Å². The smallest absolute Gasteiger partial charge is 0.327 e. The molecule has 0 radical (unpaired) electrons. The molecule has 1 aromatic carbocycles. The molecule has 8 nitrogen and oxygen atoms in total. The molecule has 3 aromatic rings. The van der Waals surface area contributed by atoms with E-state index in [-0.39, 0.29) is 12.1 Å². The zero-order valence-electron chi connectivity index (χ0n) is 18.5. The summed E-state index contributed by atoms with van der Waals surface area (Å²) in [5, 5.41) is 3.06. The van der Waals surface area contributed by atoms with Gasteiger partial charge in [0, 0.05) is 48.7 Å². The lowest BCUT2D eigenvalue weighted by Crippen LogP contribution is -2.48. The zero-order chi connectivity index (χ0) is 22.4. The molecule has 0 saturated carbocycles. The first-order chi connectivity index (χ1) is 16.2. The van der Waals surface area contributed by atoms with E-state index in [9.17, 15) is 4.79 Å². The van der Waals surface area contributed by atoms with Crippen LogP contribution in [0.5, 0.6) is 11.5 Å². The Morgan fingerprint density at radius 1 is 1.09 bits per heavy atom. The molecule has 2 amide bonds. The van der Waals surface area contributed by atoms with Crippen molar-refractivity contribution in [2.24, 2.45) is 0 Å². The maximum atomic E-state index is 13.5. The third-order valence-corrected chi connectivity index (χ3v) is 6.36. The Bertz CT molecular complexity index is 1230. The van der Waals surface area contributed by atoms with Crippen LogP contribution in [0.1, 0.15) is 18.5 Å². The lowest BCUT2D eigenvalue weighted by Gasteiger charge is -2.36. The molecule has 0 aliphatic carbocycles. The number of urea groups is 1. The Labute approximate surface area is 192 Å². The average Bonchev–Trinajstić information content (AvgIpc) is 3.09. The summed E-state index contributed by atoms with van der Waals surface area (Å²) in [5.41, 5.74) is 4.41.